The first-order chi connectivity index (χ1) is 21.3. The number of hydrogen-bond donors (Lipinski definition) is 1. The molecule has 232 valence electrons. The third kappa shape index (κ3) is 7.12. The minimum Gasteiger partial charge on any atom is -0.457 e. The number of aromatic nitrogens is 2. The van der Waals surface area contributed by atoms with Crippen molar-refractivity contribution in [3.63, 3.8) is 0 Å². The molecule has 3 heterocycles. The summed E-state index contributed by atoms with van der Waals surface area (Å²) in [4.78, 5) is 30.6. The van der Waals surface area contributed by atoms with Crippen LogP contribution in [0.5, 0.6) is 11.5 Å². The Balaban J connectivity index is 1.15. The van der Waals surface area contributed by atoms with E-state index >= 15 is 0 Å². The summed E-state index contributed by atoms with van der Waals surface area (Å²) in [6.45, 7) is 9.68. The molecule has 3 atom stereocenters. The van der Waals surface area contributed by atoms with Crippen LogP contribution in [0.4, 0.5) is 0 Å². The Labute approximate surface area is 261 Å². The number of aryl methyl sites for hydroxylation is 1. The van der Waals surface area contributed by atoms with Crippen molar-refractivity contribution >= 4 is 11.8 Å². The maximum Gasteiger partial charge on any atom is 0.251 e. The summed E-state index contributed by atoms with van der Waals surface area (Å²) in [6.07, 6.45) is 7.85. The number of carbonyl (C=O) groups is 2. The van der Waals surface area contributed by atoms with E-state index in [1.807, 2.05) is 66.4 Å². The van der Waals surface area contributed by atoms with E-state index in [0.717, 1.165) is 60.9 Å². The van der Waals surface area contributed by atoms with Crippen molar-refractivity contribution in [1.82, 2.24) is 25.3 Å². The van der Waals surface area contributed by atoms with Crippen LogP contribution in [0.2, 0.25) is 0 Å². The number of nitrogens with zero attached hydrogens (tertiary/aromatic N) is 4. The normalized spacial score (nSPS) is 23.1. The van der Waals surface area contributed by atoms with Crippen molar-refractivity contribution in [2.24, 2.45) is 11.8 Å². The number of amides is 2. The predicted molar refractivity (Wildman–Crippen MR) is 171 cm³/mol. The van der Waals surface area contributed by atoms with Gasteiger partial charge in [0.05, 0.1) is 11.4 Å². The smallest absolute Gasteiger partial charge is 0.251 e. The molecular formula is C36H45N5O3. The number of carbonyl (C=O) groups excluding carboxylic acids is 2. The van der Waals surface area contributed by atoms with Gasteiger partial charge in [-0.05, 0) is 93.0 Å². The quantitative estimate of drug-likeness (QED) is 0.325. The van der Waals surface area contributed by atoms with Crippen LogP contribution in [0.15, 0.2) is 54.6 Å². The summed E-state index contributed by atoms with van der Waals surface area (Å²) in [5, 5.41) is 11.7. The van der Waals surface area contributed by atoms with Crippen LogP contribution in [0.1, 0.15) is 80.4 Å². The molecule has 8 nitrogen and oxygen atoms in total. The molecule has 3 fully saturated rings. The van der Waals surface area contributed by atoms with Gasteiger partial charge in [-0.1, -0.05) is 32.8 Å². The number of piperidine rings is 1. The summed E-state index contributed by atoms with van der Waals surface area (Å²) in [6, 6.07) is 18.1. The van der Waals surface area contributed by atoms with Gasteiger partial charge in [0.2, 0.25) is 5.91 Å². The second-order valence-corrected chi connectivity index (χ2v) is 13.2. The average Bonchev–Trinajstić information content (AvgIpc) is 3.35. The zero-order valence-corrected chi connectivity index (χ0v) is 26.3. The minimum atomic E-state index is -0.0787. The van der Waals surface area contributed by atoms with Gasteiger partial charge in [-0.2, -0.15) is 10.2 Å². The highest BCUT2D eigenvalue weighted by Gasteiger charge is 2.31. The highest BCUT2D eigenvalue weighted by atomic mass is 16.5. The van der Waals surface area contributed by atoms with E-state index in [1.54, 1.807) is 0 Å². The van der Waals surface area contributed by atoms with Crippen LogP contribution >= 0.6 is 0 Å². The lowest BCUT2D eigenvalue weighted by Crippen LogP contribution is -2.50. The van der Waals surface area contributed by atoms with Crippen molar-refractivity contribution in [3.05, 3.63) is 71.4 Å². The molecule has 0 bridgehead atoms. The molecule has 3 aromatic rings. The third-order valence-corrected chi connectivity index (χ3v) is 9.67. The van der Waals surface area contributed by atoms with Crippen LogP contribution < -0.4 is 10.1 Å². The van der Waals surface area contributed by atoms with Gasteiger partial charge in [0, 0.05) is 61.4 Å². The Morgan fingerprint density at radius 3 is 2.41 bits per heavy atom. The molecule has 2 amide bonds. The molecule has 44 heavy (non-hydrogen) atoms. The maximum atomic E-state index is 13.5. The lowest BCUT2D eigenvalue weighted by atomic mass is 9.84. The molecule has 1 N–H and O–H groups in total. The third-order valence-electron chi connectivity index (χ3n) is 9.67. The number of likely N-dealkylation sites (tertiary alicyclic amines) is 2. The highest BCUT2D eigenvalue weighted by molar-refractivity contribution is 5.95. The molecule has 3 aliphatic rings. The van der Waals surface area contributed by atoms with Crippen molar-refractivity contribution in [2.75, 3.05) is 19.6 Å². The Morgan fingerprint density at radius 1 is 0.955 bits per heavy atom. The average molecular weight is 596 g/mol. The predicted octanol–water partition coefficient (Wildman–Crippen LogP) is 6.39. The topological polar surface area (TPSA) is 87.7 Å². The number of rotatable bonds is 8. The van der Waals surface area contributed by atoms with E-state index in [4.69, 9.17) is 4.74 Å². The van der Waals surface area contributed by atoms with Crippen LogP contribution in [0.3, 0.4) is 0 Å². The maximum absolute atomic E-state index is 13.5. The van der Waals surface area contributed by atoms with Gasteiger partial charge in [0.15, 0.2) is 0 Å². The molecule has 2 aliphatic heterocycles. The van der Waals surface area contributed by atoms with E-state index in [1.165, 1.54) is 25.7 Å². The first-order valence-corrected chi connectivity index (χ1v) is 16.4. The fraction of sp³-hybridized carbons (Fsp3) is 0.500. The van der Waals surface area contributed by atoms with E-state index in [0.29, 0.717) is 42.0 Å². The molecule has 1 aliphatic carbocycles. The van der Waals surface area contributed by atoms with Crippen molar-refractivity contribution in [1.29, 1.82) is 0 Å². The number of hydrogen-bond acceptors (Lipinski definition) is 6. The first kappa shape index (κ1) is 30.3. The van der Waals surface area contributed by atoms with Crippen LogP contribution in [-0.2, 0) is 11.3 Å². The Bertz CT molecular complexity index is 1450. The van der Waals surface area contributed by atoms with Gasteiger partial charge in [-0.25, -0.2) is 0 Å². The molecule has 0 radical (unpaired) electrons. The molecule has 2 aromatic carbocycles. The second kappa shape index (κ2) is 13.5. The summed E-state index contributed by atoms with van der Waals surface area (Å²) >= 11 is 0. The minimum absolute atomic E-state index is 0.0787. The van der Waals surface area contributed by atoms with Gasteiger partial charge < -0.3 is 15.0 Å². The Morgan fingerprint density at radius 2 is 1.73 bits per heavy atom. The van der Waals surface area contributed by atoms with Crippen molar-refractivity contribution in [3.8, 4) is 22.8 Å². The fourth-order valence-electron chi connectivity index (χ4n) is 7.11. The molecule has 2 unspecified atom stereocenters. The van der Waals surface area contributed by atoms with E-state index < -0.39 is 0 Å². The number of ether oxygens (including phenoxy) is 1. The molecule has 2 saturated heterocycles. The van der Waals surface area contributed by atoms with Crippen LogP contribution in [0.25, 0.3) is 11.3 Å². The van der Waals surface area contributed by atoms with Gasteiger partial charge in [-0.15, -0.1) is 0 Å². The van der Waals surface area contributed by atoms with Crippen LogP contribution in [0, 0.1) is 18.8 Å². The lowest BCUT2D eigenvalue weighted by Gasteiger charge is -2.42. The van der Waals surface area contributed by atoms with Crippen LogP contribution in [-0.4, -0.2) is 63.5 Å². The van der Waals surface area contributed by atoms with E-state index in [2.05, 4.69) is 34.3 Å². The van der Waals surface area contributed by atoms with E-state index in [-0.39, 0.29) is 17.9 Å². The number of benzene rings is 2. The number of nitrogens with one attached hydrogen (secondary N) is 1. The summed E-state index contributed by atoms with van der Waals surface area (Å²) in [5.41, 5.74) is 4.06. The standard InChI is InChI=1S/C36H45N5O3/c1-24-20-35(42)41(22-24)23-29-10-9-28(36(43)37-30-16-18-40(19-17-30)33-7-5-4-6-25(33)2)21-34(29)44-31-13-11-27(12-14-31)32-15-8-26(3)38-39-32/h8-15,21,24-25,30,33H,4-7,16-20,22-23H2,1-3H3,(H,37,43)/t24-,25?,33?/m0/s1. The molecule has 1 aromatic heterocycles. The summed E-state index contributed by atoms with van der Waals surface area (Å²) in [5.74, 6) is 2.42. The van der Waals surface area contributed by atoms with Gasteiger partial charge in [0.25, 0.3) is 5.91 Å². The molecule has 1 saturated carbocycles. The van der Waals surface area contributed by atoms with Gasteiger partial charge >= 0.3 is 0 Å². The largest absolute Gasteiger partial charge is 0.457 e. The van der Waals surface area contributed by atoms with Gasteiger partial charge in [-0.3, -0.25) is 14.5 Å². The molecule has 0 spiro atoms. The van der Waals surface area contributed by atoms with Crippen molar-refractivity contribution < 1.29 is 14.3 Å². The lowest BCUT2D eigenvalue weighted by molar-refractivity contribution is -0.128. The van der Waals surface area contributed by atoms with Gasteiger partial charge in [0.1, 0.15) is 11.5 Å². The Kier molecular flexibility index (Phi) is 9.26. The van der Waals surface area contributed by atoms with Crippen molar-refractivity contribution in [2.45, 2.75) is 84.3 Å². The molecular weight excluding hydrogens is 550 g/mol. The highest BCUT2D eigenvalue weighted by Crippen LogP contribution is 2.32. The first-order valence-electron chi connectivity index (χ1n) is 16.4. The SMILES string of the molecule is Cc1ccc(-c2ccc(Oc3cc(C(=O)NC4CCN(C5CCCCC5C)CC4)ccc3CN3C[C@@H](C)CC3=O)cc2)nn1. The summed E-state index contributed by atoms with van der Waals surface area (Å²) < 4.78 is 6.40. The fourth-order valence-corrected chi connectivity index (χ4v) is 7.11. The second-order valence-electron chi connectivity index (χ2n) is 13.2. The molecule has 8 heteroatoms. The zero-order chi connectivity index (χ0) is 30.6. The molecule has 6 rings (SSSR count). The Hall–Kier alpha value is -3.78. The summed E-state index contributed by atoms with van der Waals surface area (Å²) in [7, 11) is 0. The zero-order valence-electron chi connectivity index (χ0n) is 26.3. The van der Waals surface area contributed by atoms with E-state index in [9.17, 15) is 9.59 Å². The monoisotopic (exact) mass is 595 g/mol.